The van der Waals surface area contributed by atoms with Crippen LogP contribution in [0.1, 0.15) is 58.3 Å². The molecule has 0 aromatic heterocycles. The van der Waals surface area contributed by atoms with Gasteiger partial charge in [-0.25, -0.2) is 0 Å². The summed E-state index contributed by atoms with van der Waals surface area (Å²) in [5.74, 6) is 0.431. The molecular formula is C16H30O4. The fourth-order valence-corrected chi connectivity index (χ4v) is 3.42. The Bertz CT molecular complexity index is 271. The molecule has 0 amide bonds. The highest BCUT2D eigenvalue weighted by Gasteiger charge is 2.51. The van der Waals surface area contributed by atoms with E-state index in [4.69, 9.17) is 18.9 Å². The first-order valence-electron chi connectivity index (χ1n) is 8.16. The number of hydrogen-bond donors (Lipinski definition) is 0. The number of methoxy groups -OCH3 is 2. The Labute approximate surface area is 123 Å². The molecule has 0 aromatic carbocycles. The summed E-state index contributed by atoms with van der Waals surface area (Å²) in [7, 11) is 3.40. The van der Waals surface area contributed by atoms with Crippen molar-refractivity contribution < 1.29 is 18.9 Å². The number of ether oxygens (including phenoxy) is 4. The Hall–Kier alpha value is -0.160. The van der Waals surface area contributed by atoms with Gasteiger partial charge in [-0.2, -0.15) is 0 Å². The molecule has 5 atom stereocenters. The van der Waals surface area contributed by atoms with Crippen LogP contribution in [-0.4, -0.2) is 39.0 Å². The summed E-state index contributed by atoms with van der Waals surface area (Å²) in [6.07, 6.45) is 10.0. The predicted octanol–water partition coefficient (Wildman–Crippen LogP) is 3.49. The zero-order valence-corrected chi connectivity index (χ0v) is 13.2. The van der Waals surface area contributed by atoms with Gasteiger partial charge in [-0.15, -0.1) is 0 Å². The molecular weight excluding hydrogens is 256 g/mol. The minimum Gasteiger partial charge on any atom is -0.356 e. The van der Waals surface area contributed by atoms with E-state index in [1.54, 1.807) is 14.2 Å². The van der Waals surface area contributed by atoms with Crippen molar-refractivity contribution in [2.24, 2.45) is 5.92 Å². The van der Waals surface area contributed by atoms with Crippen molar-refractivity contribution in [3.8, 4) is 0 Å². The molecule has 2 aliphatic rings. The minimum atomic E-state index is -0.217. The average Bonchev–Trinajstić information content (AvgIpc) is 3.02. The van der Waals surface area contributed by atoms with Crippen LogP contribution < -0.4 is 0 Å². The molecule has 2 saturated heterocycles. The van der Waals surface area contributed by atoms with Crippen molar-refractivity contribution >= 4 is 0 Å². The van der Waals surface area contributed by atoms with E-state index in [1.165, 1.54) is 38.5 Å². The van der Waals surface area contributed by atoms with Crippen LogP contribution in [0.3, 0.4) is 0 Å². The summed E-state index contributed by atoms with van der Waals surface area (Å²) in [4.78, 5) is 0. The van der Waals surface area contributed by atoms with E-state index in [0.717, 1.165) is 12.8 Å². The Balaban J connectivity index is 1.71. The lowest BCUT2D eigenvalue weighted by Gasteiger charge is -2.18. The summed E-state index contributed by atoms with van der Waals surface area (Å²) in [6, 6.07) is 0. The summed E-state index contributed by atoms with van der Waals surface area (Å²) < 4.78 is 22.6. The SMILES string of the molecule is CCCCCCCC[C@H]1O[C@@H](OC)[C@@H]2OC(OC)C[C@@H]21. The minimum absolute atomic E-state index is 0.0510. The highest BCUT2D eigenvalue weighted by molar-refractivity contribution is 4.92. The molecule has 2 rings (SSSR count). The van der Waals surface area contributed by atoms with Crippen LogP contribution >= 0.6 is 0 Å². The molecule has 0 bridgehead atoms. The molecule has 2 fully saturated rings. The smallest absolute Gasteiger partial charge is 0.184 e. The van der Waals surface area contributed by atoms with Gasteiger partial charge in [0.15, 0.2) is 12.6 Å². The van der Waals surface area contributed by atoms with Crippen molar-refractivity contribution in [1.29, 1.82) is 0 Å². The van der Waals surface area contributed by atoms with E-state index in [9.17, 15) is 0 Å². The summed E-state index contributed by atoms with van der Waals surface area (Å²) in [5, 5.41) is 0. The van der Waals surface area contributed by atoms with Crippen LogP contribution in [0, 0.1) is 5.92 Å². The van der Waals surface area contributed by atoms with E-state index in [-0.39, 0.29) is 24.8 Å². The molecule has 20 heavy (non-hydrogen) atoms. The molecule has 1 unspecified atom stereocenters. The first kappa shape index (κ1) is 16.2. The van der Waals surface area contributed by atoms with E-state index in [2.05, 4.69) is 6.92 Å². The van der Waals surface area contributed by atoms with Gasteiger partial charge in [-0.3, -0.25) is 0 Å². The highest BCUT2D eigenvalue weighted by Crippen LogP contribution is 2.41. The third-order valence-corrected chi connectivity index (χ3v) is 4.59. The van der Waals surface area contributed by atoms with Crippen LogP contribution in [0.15, 0.2) is 0 Å². The van der Waals surface area contributed by atoms with Gasteiger partial charge in [0.05, 0.1) is 6.10 Å². The lowest BCUT2D eigenvalue weighted by molar-refractivity contribution is -0.201. The van der Waals surface area contributed by atoms with Gasteiger partial charge >= 0.3 is 0 Å². The van der Waals surface area contributed by atoms with Crippen molar-refractivity contribution in [2.45, 2.75) is 83.1 Å². The zero-order chi connectivity index (χ0) is 14.4. The van der Waals surface area contributed by atoms with Gasteiger partial charge in [0.1, 0.15) is 6.10 Å². The van der Waals surface area contributed by atoms with Crippen molar-refractivity contribution in [3.63, 3.8) is 0 Å². The van der Waals surface area contributed by atoms with Gasteiger partial charge < -0.3 is 18.9 Å². The Morgan fingerprint density at radius 1 is 0.950 bits per heavy atom. The van der Waals surface area contributed by atoms with Gasteiger partial charge in [0.2, 0.25) is 0 Å². The summed E-state index contributed by atoms with van der Waals surface area (Å²) in [5.41, 5.74) is 0. The molecule has 0 aliphatic carbocycles. The molecule has 118 valence electrons. The first-order valence-corrected chi connectivity index (χ1v) is 8.16. The van der Waals surface area contributed by atoms with E-state index < -0.39 is 0 Å². The van der Waals surface area contributed by atoms with E-state index in [1.807, 2.05) is 0 Å². The number of unbranched alkanes of at least 4 members (excludes halogenated alkanes) is 5. The fraction of sp³-hybridized carbons (Fsp3) is 1.00. The Morgan fingerprint density at radius 2 is 1.70 bits per heavy atom. The van der Waals surface area contributed by atoms with Crippen molar-refractivity contribution in [2.75, 3.05) is 14.2 Å². The van der Waals surface area contributed by atoms with Gasteiger partial charge in [-0.1, -0.05) is 45.4 Å². The zero-order valence-electron chi connectivity index (χ0n) is 13.2. The lowest BCUT2D eigenvalue weighted by atomic mass is 9.93. The van der Waals surface area contributed by atoms with Crippen LogP contribution in [-0.2, 0) is 18.9 Å². The maximum Gasteiger partial charge on any atom is 0.184 e. The highest BCUT2D eigenvalue weighted by atomic mass is 16.7. The van der Waals surface area contributed by atoms with Gasteiger partial charge in [-0.05, 0) is 6.42 Å². The first-order chi connectivity index (χ1) is 9.80. The number of rotatable bonds is 9. The predicted molar refractivity (Wildman–Crippen MR) is 77.4 cm³/mol. The maximum absolute atomic E-state index is 6.00. The normalized spacial score (nSPS) is 36.5. The molecule has 0 aromatic rings. The second-order valence-corrected chi connectivity index (χ2v) is 6.00. The van der Waals surface area contributed by atoms with Crippen LogP contribution in [0.2, 0.25) is 0 Å². The molecule has 0 spiro atoms. The summed E-state index contributed by atoms with van der Waals surface area (Å²) in [6.45, 7) is 2.25. The van der Waals surface area contributed by atoms with E-state index in [0.29, 0.717) is 5.92 Å². The molecule has 2 aliphatic heterocycles. The van der Waals surface area contributed by atoms with Crippen LogP contribution in [0.5, 0.6) is 0 Å². The molecule has 2 heterocycles. The monoisotopic (exact) mass is 286 g/mol. The third kappa shape index (κ3) is 3.94. The second-order valence-electron chi connectivity index (χ2n) is 6.00. The van der Waals surface area contributed by atoms with Crippen molar-refractivity contribution in [1.82, 2.24) is 0 Å². The topological polar surface area (TPSA) is 36.9 Å². The standard InChI is InChI=1S/C16H30O4/c1-4-5-6-7-8-9-10-13-12-11-14(17-2)20-15(12)16(18-3)19-13/h12-16H,4-11H2,1-3H3/t12-,13-,14?,15-,16-/m1/s1. The average molecular weight is 286 g/mol. The number of hydrogen-bond acceptors (Lipinski definition) is 4. The molecule has 4 nitrogen and oxygen atoms in total. The Kier molecular flexibility index (Phi) is 6.75. The third-order valence-electron chi connectivity index (χ3n) is 4.59. The molecule has 0 N–H and O–H groups in total. The lowest BCUT2D eigenvalue weighted by Crippen LogP contribution is -2.27. The second kappa shape index (κ2) is 8.32. The largest absolute Gasteiger partial charge is 0.356 e. The Morgan fingerprint density at radius 3 is 2.40 bits per heavy atom. The quantitative estimate of drug-likeness (QED) is 0.608. The number of fused-ring (bicyclic) bond motifs is 1. The molecule has 0 saturated carbocycles. The van der Waals surface area contributed by atoms with Crippen molar-refractivity contribution in [3.05, 3.63) is 0 Å². The fourth-order valence-electron chi connectivity index (χ4n) is 3.42. The van der Waals surface area contributed by atoms with Crippen LogP contribution in [0.4, 0.5) is 0 Å². The maximum atomic E-state index is 6.00. The molecule has 4 heteroatoms. The molecule has 0 radical (unpaired) electrons. The van der Waals surface area contributed by atoms with Gasteiger partial charge in [0, 0.05) is 26.6 Å². The summed E-state index contributed by atoms with van der Waals surface area (Å²) >= 11 is 0. The van der Waals surface area contributed by atoms with Crippen LogP contribution in [0.25, 0.3) is 0 Å². The van der Waals surface area contributed by atoms with Gasteiger partial charge in [0.25, 0.3) is 0 Å². The van der Waals surface area contributed by atoms with E-state index >= 15 is 0 Å².